The number of esters is 1. The molecular formula is C15H18O3. The number of ether oxygens (including phenoxy) is 2. The number of carbonyl (C=O) groups is 1. The molecule has 2 fully saturated rings. The van der Waals surface area contributed by atoms with Crippen molar-refractivity contribution in [2.75, 3.05) is 7.11 Å². The molecule has 1 unspecified atom stereocenters. The van der Waals surface area contributed by atoms with Crippen LogP contribution in [-0.2, 0) is 14.3 Å². The van der Waals surface area contributed by atoms with Gasteiger partial charge in [0.15, 0.2) is 0 Å². The average Bonchev–Trinajstić information content (AvgIpc) is 2.80. The molecule has 0 spiro atoms. The predicted octanol–water partition coefficient (Wildman–Crippen LogP) is 2.51. The summed E-state index contributed by atoms with van der Waals surface area (Å²) in [5, 5.41) is 0. The number of benzene rings is 1. The summed E-state index contributed by atoms with van der Waals surface area (Å²) in [6, 6.07) is 10.3. The highest BCUT2D eigenvalue weighted by atomic mass is 16.5. The molecule has 1 aromatic rings. The highest BCUT2D eigenvalue weighted by Crippen LogP contribution is 2.45. The number of carbonyl (C=O) groups excluding carboxylic acids is 1. The SMILES string of the molecule is COC(=O)[C@@H]1[C@H]2CCC(C[C@H]1c1ccccc1)O2. The van der Waals surface area contributed by atoms with E-state index in [2.05, 4.69) is 12.1 Å². The van der Waals surface area contributed by atoms with Gasteiger partial charge in [-0.05, 0) is 24.8 Å². The van der Waals surface area contributed by atoms with Gasteiger partial charge in [-0.2, -0.15) is 0 Å². The highest BCUT2D eigenvalue weighted by molar-refractivity contribution is 5.74. The van der Waals surface area contributed by atoms with Crippen molar-refractivity contribution in [2.45, 2.75) is 37.4 Å². The third kappa shape index (κ3) is 1.93. The largest absolute Gasteiger partial charge is 0.469 e. The zero-order valence-corrected chi connectivity index (χ0v) is 10.5. The van der Waals surface area contributed by atoms with Crippen molar-refractivity contribution in [1.82, 2.24) is 0 Å². The molecule has 3 nitrogen and oxygen atoms in total. The first-order chi connectivity index (χ1) is 8.79. The minimum atomic E-state index is -0.142. The van der Waals surface area contributed by atoms with Gasteiger partial charge in [0, 0.05) is 5.92 Å². The Kier molecular flexibility index (Phi) is 3.08. The molecule has 0 radical (unpaired) electrons. The number of fused-ring (bicyclic) bond motifs is 2. The zero-order chi connectivity index (χ0) is 12.5. The van der Waals surface area contributed by atoms with Crippen LogP contribution in [0.5, 0.6) is 0 Å². The minimum Gasteiger partial charge on any atom is -0.469 e. The number of hydrogen-bond donors (Lipinski definition) is 0. The van der Waals surface area contributed by atoms with Gasteiger partial charge >= 0.3 is 5.97 Å². The normalized spacial score (nSPS) is 34.3. The first-order valence-electron chi connectivity index (χ1n) is 6.58. The highest BCUT2D eigenvalue weighted by Gasteiger charge is 2.47. The van der Waals surface area contributed by atoms with E-state index in [0.29, 0.717) is 6.10 Å². The predicted molar refractivity (Wildman–Crippen MR) is 67.2 cm³/mol. The Bertz CT molecular complexity index is 429. The Balaban J connectivity index is 1.93. The molecule has 4 atom stereocenters. The van der Waals surface area contributed by atoms with Crippen LogP contribution < -0.4 is 0 Å². The van der Waals surface area contributed by atoms with Crippen molar-refractivity contribution in [3.05, 3.63) is 35.9 Å². The smallest absolute Gasteiger partial charge is 0.311 e. The first-order valence-corrected chi connectivity index (χ1v) is 6.58. The maximum Gasteiger partial charge on any atom is 0.311 e. The lowest BCUT2D eigenvalue weighted by atomic mass is 9.79. The fourth-order valence-corrected chi connectivity index (χ4v) is 3.36. The van der Waals surface area contributed by atoms with Gasteiger partial charge in [-0.15, -0.1) is 0 Å². The summed E-state index contributed by atoms with van der Waals surface area (Å²) in [5.74, 6) is -0.0322. The first kappa shape index (κ1) is 11.7. The van der Waals surface area contributed by atoms with Crippen molar-refractivity contribution >= 4 is 5.97 Å². The molecule has 3 heteroatoms. The summed E-state index contributed by atoms with van der Waals surface area (Å²) >= 11 is 0. The van der Waals surface area contributed by atoms with E-state index >= 15 is 0 Å². The molecule has 96 valence electrons. The van der Waals surface area contributed by atoms with Crippen LogP contribution in [0.15, 0.2) is 30.3 Å². The Morgan fingerprint density at radius 3 is 2.78 bits per heavy atom. The topological polar surface area (TPSA) is 35.5 Å². The molecule has 2 aliphatic heterocycles. The maximum atomic E-state index is 12.0. The lowest BCUT2D eigenvalue weighted by Crippen LogP contribution is -2.39. The third-order valence-electron chi connectivity index (χ3n) is 4.19. The molecule has 0 saturated carbocycles. The number of methoxy groups -OCH3 is 1. The lowest BCUT2D eigenvalue weighted by Gasteiger charge is -2.35. The molecule has 2 heterocycles. The van der Waals surface area contributed by atoms with Gasteiger partial charge in [0.1, 0.15) is 0 Å². The molecule has 2 saturated heterocycles. The van der Waals surface area contributed by atoms with Crippen LogP contribution in [0.4, 0.5) is 0 Å². The molecule has 3 rings (SSSR count). The van der Waals surface area contributed by atoms with E-state index in [-0.39, 0.29) is 23.9 Å². The molecule has 18 heavy (non-hydrogen) atoms. The van der Waals surface area contributed by atoms with Crippen molar-refractivity contribution in [3.63, 3.8) is 0 Å². The summed E-state index contributed by atoms with van der Waals surface area (Å²) in [7, 11) is 1.46. The van der Waals surface area contributed by atoms with Crippen LogP contribution in [-0.4, -0.2) is 25.3 Å². The lowest BCUT2D eigenvalue weighted by molar-refractivity contribution is -0.156. The van der Waals surface area contributed by atoms with Crippen LogP contribution in [0.1, 0.15) is 30.7 Å². The van der Waals surface area contributed by atoms with E-state index < -0.39 is 0 Å². The van der Waals surface area contributed by atoms with Gasteiger partial charge in [-0.1, -0.05) is 30.3 Å². The maximum absolute atomic E-state index is 12.0. The van der Waals surface area contributed by atoms with Crippen LogP contribution in [0.25, 0.3) is 0 Å². The van der Waals surface area contributed by atoms with Crippen molar-refractivity contribution < 1.29 is 14.3 Å². The van der Waals surface area contributed by atoms with Crippen molar-refractivity contribution in [3.8, 4) is 0 Å². The Morgan fingerprint density at radius 1 is 1.28 bits per heavy atom. The molecule has 0 amide bonds. The fraction of sp³-hybridized carbons (Fsp3) is 0.533. The second-order valence-electron chi connectivity index (χ2n) is 5.18. The van der Waals surface area contributed by atoms with Crippen LogP contribution in [0, 0.1) is 5.92 Å². The molecule has 1 aromatic carbocycles. The van der Waals surface area contributed by atoms with Crippen molar-refractivity contribution in [2.24, 2.45) is 5.92 Å². The Morgan fingerprint density at radius 2 is 2.06 bits per heavy atom. The van der Waals surface area contributed by atoms with Gasteiger partial charge in [0.05, 0.1) is 25.2 Å². The quantitative estimate of drug-likeness (QED) is 0.752. The van der Waals surface area contributed by atoms with Gasteiger partial charge in [0.25, 0.3) is 0 Å². The molecule has 0 aliphatic carbocycles. The Labute approximate surface area is 107 Å². The van der Waals surface area contributed by atoms with Gasteiger partial charge < -0.3 is 9.47 Å². The monoisotopic (exact) mass is 246 g/mol. The van der Waals surface area contributed by atoms with Crippen molar-refractivity contribution in [1.29, 1.82) is 0 Å². The van der Waals surface area contributed by atoms with Crippen LogP contribution in [0.3, 0.4) is 0 Å². The molecule has 2 bridgehead atoms. The van der Waals surface area contributed by atoms with E-state index in [4.69, 9.17) is 9.47 Å². The summed E-state index contributed by atoms with van der Waals surface area (Å²) in [4.78, 5) is 12.0. The van der Waals surface area contributed by atoms with E-state index in [1.807, 2.05) is 18.2 Å². The fourth-order valence-electron chi connectivity index (χ4n) is 3.36. The Hall–Kier alpha value is -1.35. The van der Waals surface area contributed by atoms with E-state index in [0.717, 1.165) is 19.3 Å². The van der Waals surface area contributed by atoms with E-state index in [1.165, 1.54) is 12.7 Å². The average molecular weight is 246 g/mol. The van der Waals surface area contributed by atoms with Gasteiger partial charge in [0.2, 0.25) is 0 Å². The zero-order valence-electron chi connectivity index (χ0n) is 10.5. The minimum absolute atomic E-state index is 0.0430. The van der Waals surface area contributed by atoms with Crippen LogP contribution >= 0.6 is 0 Å². The number of hydrogen-bond acceptors (Lipinski definition) is 3. The number of rotatable bonds is 2. The molecular weight excluding hydrogens is 228 g/mol. The summed E-state index contributed by atoms with van der Waals surface area (Å²) in [5.41, 5.74) is 1.23. The van der Waals surface area contributed by atoms with E-state index in [9.17, 15) is 4.79 Å². The standard InChI is InChI=1S/C15H18O3/c1-17-15(16)14-12(10-5-3-2-4-6-10)9-11-7-8-13(14)18-11/h2-6,11-14H,7-9H2,1H3/t11?,12-,13+,14-/m0/s1. The summed E-state index contributed by atoms with van der Waals surface area (Å²) < 4.78 is 10.9. The van der Waals surface area contributed by atoms with Gasteiger partial charge in [-0.3, -0.25) is 4.79 Å². The second-order valence-corrected chi connectivity index (χ2v) is 5.18. The second kappa shape index (κ2) is 4.73. The molecule has 0 N–H and O–H groups in total. The molecule has 0 aromatic heterocycles. The summed E-state index contributed by atoms with van der Waals surface area (Å²) in [6.45, 7) is 0. The van der Waals surface area contributed by atoms with Gasteiger partial charge in [-0.25, -0.2) is 0 Å². The third-order valence-corrected chi connectivity index (χ3v) is 4.19. The van der Waals surface area contributed by atoms with Crippen LogP contribution in [0.2, 0.25) is 0 Å². The van der Waals surface area contributed by atoms with E-state index in [1.54, 1.807) is 0 Å². The summed E-state index contributed by atoms with van der Waals surface area (Å²) in [6.07, 6.45) is 3.35. The molecule has 2 aliphatic rings.